The number of anilines is 2. The van der Waals surface area contributed by atoms with E-state index in [0.29, 0.717) is 17.9 Å². The molecule has 2 rings (SSSR count). The summed E-state index contributed by atoms with van der Waals surface area (Å²) >= 11 is 0. The molecule has 0 radical (unpaired) electrons. The molecule has 6 nitrogen and oxygen atoms in total. The Hall–Kier alpha value is -1.59. The van der Waals surface area contributed by atoms with Gasteiger partial charge in [-0.05, 0) is 32.6 Å². The van der Waals surface area contributed by atoms with E-state index in [9.17, 15) is 0 Å². The van der Waals surface area contributed by atoms with E-state index < -0.39 is 0 Å². The van der Waals surface area contributed by atoms with Crippen molar-refractivity contribution < 1.29 is 4.74 Å². The third-order valence-electron chi connectivity index (χ3n) is 2.74. The molecule has 0 aromatic carbocycles. The molecule has 1 aromatic rings. The highest BCUT2D eigenvalue weighted by Gasteiger charge is 2.24. The monoisotopic (exact) mass is 251 g/mol. The summed E-state index contributed by atoms with van der Waals surface area (Å²) in [6, 6.07) is 0.377. The van der Waals surface area contributed by atoms with Crippen LogP contribution in [0.1, 0.15) is 26.7 Å². The predicted molar refractivity (Wildman–Crippen MR) is 71.1 cm³/mol. The standard InChI is InChI=1S/C12H21N5O/c1-8(2)18-12-15-10(13-3)14-11(16-12)17(4)7-9-5-6-9/h8-9H,5-7H2,1-4H3,(H,13,14,15,16). The minimum atomic E-state index is 0.0543. The average molecular weight is 251 g/mol. The van der Waals surface area contributed by atoms with Crippen molar-refractivity contribution in [3.8, 4) is 6.01 Å². The lowest BCUT2D eigenvalue weighted by Crippen LogP contribution is -2.23. The molecule has 1 saturated carbocycles. The number of nitrogens with one attached hydrogen (secondary N) is 1. The van der Waals surface area contributed by atoms with Crippen molar-refractivity contribution in [1.82, 2.24) is 15.0 Å². The minimum Gasteiger partial charge on any atom is -0.461 e. The number of hydrogen-bond acceptors (Lipinski definition) is 6. The molecule has 0 saturated heterocycles. The molecule has 1 aromatic heterocycles. The first-order chi connectivity index (χ1) is 8.58. The lowest BCUT2D eigenvalue weighted by Gasteiger charge is -2.18. The fraction of sp³-hybridized carbons (Fsp3) is 0.750. The molecule has 1 fully saturated rings. The van der Waals surface area contributed by atoms with E-state index in [1.807, 2.05) is 20.9 Å². The molecule has 6 heteroatoms. The second-order valence-electron chi connectivity index (χ2n) is 4.98. The van der Waals surface area contributed by atoms with Crippen LogP contribution in [0.25, 0.3) is 0 Å². The maximum Gasteiger partial charge on any atom is 0.323 e. The molecule has 1 aliphatic carbocycles. The van der Waals surface area contributed by atoms with Gasteiger partial charge in [0.25, 0.3) is 0 Å². The molecule has 0 amide bonds. The molecule has 1 N–H and O–H groups in total. The summed E-state index contributed by atoms with van der Waals surface area (Å²) in [6.07, 6.45) is 2.67. The molecule has 18 heavy (non-hydrogen) atoms. The number of rotatable bonds is 6. The van der Waals surface area contributed by atoms with Crippen LogP contribution in [0.3, 0.4) is 0 Å². The third-order valence-corrected chi connectivity index (χ3v) is 2.74. The summed E-state index contributed by atoms with van der Waals surface area (Å²) in [5, 5.41) is 2.94. The molecule has 0 spiro atoms. The van der Waals surface area contributed by atoms with Gasteiger partial charge in [0.15, 0.2) is 0 Å². The number of ether oxygens (including phenoxy) is 1. The molecule has 1 heterocycles. The Kier molecular flexibility index (Phi) is 3.84. The smallest absolute Gasteiger partial charge is 0.323 e. The number of hydrogen-bond donors (Lipinski definition) is 1. The lowest BCUT2D eigenvalue weighted by molar-refractivity contribution is 0.222. The SMILES string of the molecule is CNc1nc(OC(C)C)nc(N(C)CC2CC2)n1. The largest absolute Gasteiger partial charge is 0.461 e. The van der Waals surface area contributed by atoms with Crippen LogP contribution in [0.4, 0.5) is 11.9 Å². The summed E-state index contributed by atoms with van der Waals surface area (Å²) in [6.45, 7) is 4.90. The fourth-order valence-corrected chi connectivity index (χ4v) is 1.66. The van der Waals surface area contributed by atoms with E-state index in [2.05, 4.69) is 25.2 Å². The predicted octanol–water partition coefficient (Wildman–Crippen LogP) is 1.55. The first-order valence-corrected chi connectivity index (χ1v) is 6.40. The number of aromatic nitrogens is 3. The van der Waals surface area contributed by atoms with E-state index >= 15 is 0 Å². The maximum atomic E-state index is 5.54. The van der Waals surface area contributed by atoms with Crippen LogP contribution in [0.5, 0.6) is 6.01 Å². The summed E-state index contributed by atoms with van der Waals surface area (Å²) in [7, 11) is 3.80. The van der Waals surface area contributed by atoms with Gasteiger partial charge in [0.05, 0.1) is 6.10 Å². The summed E-state index contributed by atoms with van der Waals surface area (Å²) in [5.41, 5.74) is 0. The highest BCUT2D eigenvalue weighted by atomic mass is 16.5. The zero-order valence-corrected chi connectivity index (χ0v) is 11.5. The van der Waals surface area contributed by atoms with E-state index in [1.54, 1.807) is 7.05 Å². The van der Waals surface area contributed by atoms with Crippen LogP contribution < -0.4 is 15.0 Å². The second-order valence-corrected chi connectivity index (χ2v) is 4.98. The van der Waals surface area contributed by atoms with Crippen molar-refractivity contribution in [2.45, 2.75) is 32.8 Å². The van der Waals surface area contributed by atoms with Crippen molar-refractivity contribution in [3.05, 3.63) is 0 Å². The van der Waals surface area contributed by atoms with E-state index in [4.69, 9.17) is 4.74 Å². The molecule has 1 aliphatic rings. The Morgan fingerprint density at radius 1 is 1.33 bits per heavy atom. The Bertz CT molecular complexity index is 405. The van der Waals surface area contributed by atoms with Gasteiger partial charge in [0.2, 0.25) is 11.9 Å². The van der Waals surface area contributed by atoms with Gasteiger partial charge in [-0.2, -0.15) is 15.0 Å². The molecule has 100 valence electrons. The van der Waals surface area contributed by atoms with Crippen molar-refractivity contribution >= 4 is 11.9 Å². The van der Waals surface area contributed by atoms with Crippen LogP contribution in [0, 0.1) is 5.92 Å². The van der Waals surface area contributed by atoms with Crippen LogP contribution in [0.15, 0.2) is 0 Å². The van der Waals surface area contributed by atoms with Crippen molar-refractivity contribution in [1.29, 1.82) is 0 Å². The molecule has 0 bridgehead atoms. The highest BCUT2D eigenvalue weighted by molar-refractivity contribution is 5.37. The fourth-order valence-electron chi connectivity index (χ4n) is 1.66. The summed E-state index contributed by atoms with van der Waals surface area (Å²) < 4.78 is 5.54. The zero-order valence-electron chi connectivity index (χ0n) is 11.5. The Labute approximate surface area is 108 Å². The van der Waals surface area contributed by atoms with Crippen LogP contribution >= 0.6 is 0 Å². The van der Waals surface area contributed by atoms with Crippen molar-refractivity contribution in [3.63, 3.8) is 0 Å². The Morgan fingerprint density at radius 3 is 2.61 bits per heavy atom. The van der Waals surface area contributed by atoms with E-state index in [0.717, 1.165) is 12.5 Å². The second kappa shape index (κ2) is 5.37. The number of nitrogens with zero attached hydrogens (tertiary/aromatic N) is 4. The zero-order chi connectivity index (χ0) is 13.1. The van der Waals surface area contributed by atoms with Gasteiger partial charge in [-0.15, -0.1) is 0 Å². The van der Waals surface area contributed by atoms with Crippen molar-refractivity contribution in [2.24, 2.45) is 5.92 Å². The summed E-state index contributed by atoms with van der Waals surface area (Å²) in [4.78, 5) is 14.9. The van der Waals surface area contributed by atoms with Gasteiger partial charge >= 0.3 is 6.01 Å². The minimum absolute atomic E-state index is 0.0543. The molecular formula is C12H21N5O. The molecule has 0 unspecified atom stereocenters. The van der Waals surface area contributed by atoms with Crippen LogP contribution in [-0.2, 0) is 0 Å². The Balaban J connectivity index is 2.15. The quantitative estimate of drug-likeness (QED) is 0.827. The first-order valence-electron chi connectivity index (χ1n) is 6.40. The normalized spacial score (nSPS) is 14.7. The van der Waals surface area contributed by atoms with Gasteiger partial charge < -0.3 is 15.0 Å². The Morgan fingerprint density at radius 2 is 2.06 bits per heavy atom. The van der Waals surface area contributed by atoms with Gasteiger partial charge in [0, 0.05) is 20.6 Å². The van der Waals surface area contributed by atoms with Gasteiger partial charge in [0.1, 0.15) is 0 Å². The van der Waals surface area contributed by atoms with Gasteiger partial charge in [-0.1, -0.05) is 0 Å². The molecule has 0 atom stereocenters. The lowest BCUT2D eigenvalue weighted by atomic mass is 10.4. The maximum absolute atomic E-state index is 5.54. The highest BCUT2D eigenvalue weighted by Crippen LogP contribution is 2.30. The third kappa shape index (κ3) is 3.45. The van der Waals surface area contributed by atoms with Crippen LogP contribution in [-0.4, -0.2) is 41.7 Å². The summed E-state index contributed by atoms with van der Waals surface area (Å²) in [5.74, 6) is 1.99. The van der Waals surface area contributed by atoms with Gasteiger partial charge in [-0.25, -0.2) is 0 Å². The average Bonchev–Trinajstić information content (AvgIpc) is 3.11. The first kappa shape index (κ1) is 12.9. The molecular weight excluding hydrogens is 230 g/mol. The van der Waals surface area contributed by atoms with E-state index in [-0.39, 0.29) is 6.10 Å². The van der Waals surface area contributed by atoms with Crippen LogP contribution in [0.2, 0.25) is 0 Å². The topological polar surface area (TPSA) is 63.2 Å². The van der Waals surface area contributed by atoms with E-state index in [1.165, 1.54) is 12.8 Å². The molecule has 0 aliphatic heterocycles. The van der Waals surface area contributed by atoms with Gasteiger partial charge in [-0.3, -0.25) is 0 Å². The van der Waals surface area contributed by atoms with Crippen molar-refractivity contribution in [2.75, 3.05) is 30.9 Å².